The normalized spacial score (nSPS) is 9.05. The number of carbonyl (C=O) groups is 2. The Labute approximate surface area is 248 Å². The van der Waals surface area contributed by atoms with Crippen LogP contribution < -0.4 is 0 Å². The van der Waals surface area contributed by atoms with Crippen LogP contribution in [0.5, 0.6) is 0 Å². The molecule has 0 radical (unpaired) electrons. The summed E-state index contributed by atoms with van der Waals surface area (Å²) in [6, 6.07) is 36.6. The first kappa shape index (κ1) is 32.2. The monoisotopic (exact) mass is 686 g/mol. The van der Waals surface area contributed by atoms with Gasteiger partial charge in [-0.05, 0) is 36.4 Å². The molecule has 0 aliphatic heterocycles. The van der Waals surface area contributed by atoms with Crippen LogP contribution in [0.2, 0.25) is 0 Å². The van der Waals surface area contributed by atoms with E-state index in [0.717, 1.165) is 22.4 Å². The number of benzene rings is 2. The zero-order valence-corrected chi connectivity index (χ0v) is 22.7. The molecule has 0 saturated carbocycles. The van der Waals surface area contributed by atoms with Gasteiger partial charge in [-0.2, -0.15) is 17.7 Å². The molecule has 5 rings (SSSR count). The molecule has 9 heteroatoms. The van der Waals surface area contributed by atoms with Gasteiger partial charge in [0.1, 0.15) is 11.4 Å². The van der Waals surface area contributed by atoms with E-state index >= 15 is 0 Å². The first-order chi connectivity index (χ1) is 17.5. The van der Waals surface area contributed by atoms with Crippen molar-refractivity contribution < 1.29 is 60.6 Å². The zero-order valence-electron chi connectivity index (χ0n) is 19.6. The van der Waals surface area contributed by atoms with Crippen LogP contribution in [0, 0.1) is 18.2 Å². The number of hydrogen-bond donors (Lipinski definition) is 2. The van der Waals surface area contributed by atoms with Crippen molar-refractivity contribution in [1.29, 1.82) is 0 Å². The van der Waals surface area contributed by atoms with Crippen molar-refractivity contribution in [3.63, 3.8) is 0 Å². The molecule has 7 nitrogen and oxygen atoms in total. The van der Waals surface area contributed by atoms with Gasteiger partial charge in [0, 0.05) is 44.7 Å². The van der Waals surface area contributed by atoms with E-state index in [1.54, 1.807) is 36.5 Å². The van der Waals surface area contributed by atoms with E-state index in [9.17, 15) is 9.59 Å². The third-order valence-electron chi connectivity index (χ3n) is 4.45. The van der Waals surface area contributed by atoms with Crippen molar-refractivity contribution in [2.75, 3.05) is 0 Å². The number of pyridine rings is 3. The molecule has 0 fully saturated rings. The Balaban J connectivity index is 0.000000308. The molecule has 2 N–H and O–H groups in total. The Kier molecular flexibility index (Phi) is 14.9. The van der Waals surface area contributed by atoms with Crippen LogP contribution in [0.4, 0.5) is 0 Å². The Morgan fingerprint density at radius 2 is 1.13 bits per heavy atom. The molecule has 3 heterocycles. The van der Waals surface area contributed by atoms with E-state index in [-0.39, 0.29) is 52.2 Å². The van der Waals surface area contributed by atoms with Crippen LogP contribution in [0.3, 0.4) is 0 Å². The number of hydrogen-bond acceptors (Lipinski definition) is 5. The maximum absolute atomic E-state index is 10.1. The summed E-state index contributed by atoms with van der Waals surface area (Å²) in [7, 11) is 0. The van der Waals surface area contributed by atoms with Gasteiger partial charge in [-0.3, -0.25) is 23.2 Å². The van der Waals surface area contributed by atoms with Gasteiger partial charge in [0.25, 0.3) is 0 Å². The molecule has 5 aromatic rings. The Morgan fingerprint density at radius 3 is 1.55 bits per heavy atom. The Morgan fingerprint density at radius 1 is 0.605 bits per heavy atom. The fourth-order valence-corrected chi connectivity index (χ4v) is 2.78. The molecular formula is C29H20N3O4Pd2-. The van der Waals surface area contributed by atoms with Crippen molar-refractivity contribution in [3.05, 3.63) is 139 Å². The molecule has 0 aliphatic carbocycles. The van der Waals surface area contributed by atoms with Gasteiger partial charge >= 0.3 is 32.4 Å². The first-order valence-electron chi connectivity index (χ1n) is 10.6. The summed E-state index contributed by atoms with van der Waals surface area (Å²) < 4.78 is 0. The van der Waals surface area contributed by atoms with E-state index in [2.05, 4.69) is 33.2 Å². The number of nitrogens with zero attached hydrogens (tertiary/aromatic N) is 3. The predicted octanol–water partition coefficient (Wildman–Crippen LogP) is 5.37. The summed E-state index contributed by atoms with van der Waals surface area (Å²) in [6.45, 7) is 0. The first-order valence-corrected chi connectivity index (χ1v) is 10.6. The van der Waals surface area contributed by atoms with Crippen LogP contribution in [0.15, 0.2) is 110 Å². The van der Waals surface area contributed by atoms with E-state index in [1.165, 1.54) is 24.5 Å². The average molecular weight is 687 g/mol. The maximum Gasteiger partial charge on any atom is 2.00 e. The topological polar surface area (TPSA) is 113 Å². The number of aromatic nitrogens is 3. The number of carboxylic acid groups (broad SMARTS) is 2. The van der Waals surface area contributed by atoms with Gasteiger partial charge in [-0.15, -0.1) is 6.07 Å². The summed E-state index contributed by atoms with van der Waals surface area (Å²) in [5, 5.41) is 16.6. The minimum Gasteiger partial charge on any atom is -0.477 e. The van der Waals surface area contributed by atoms with Crippen molar-refractivity contribution in [2.45, 2.75) is 0 Å². The molecular weight excluding hydrogens is 667 g/mol. The van der Waals surface area contributed by atoms with Gasteiger partial charge in [0.05, 0.1) is 0 Å². The SMILES string of the molecule is O=C(O)c1ccccn1.O=C(O)c1ccccn1.[Pd+2].[Pd].[c-]1ccccc1-c1[c-]c[c-]c(-c2ccccn2)c1. The van der Waals surface area contributed by atoms with E-state index < -0.39 is 11.9 Å². The third kappa shape index (κ3) is 10.6. The minimum absolute atomic E-state index is 0. The zero-order chi connectivity index (χ0) is 25.6. The second-order valence-electron chi connectivity index (χ2n) is 6.94. The summed E-state index contributed by atoms with van der Waals surface area (Å²) in [5.41, 5.74) is 4.10. The Bertz CT molecular complexity index is 1270. The van der Waals surface area contributed by atoms with Crippen molar-refractivity contribution in [2.24, 2.45) is 0 Å². The maximum atomic E-state index is 10.1. The van der Waals surface area contributed by atoms with E-state index in [4.69, 9.17) is 10.2 Å². The molecule has 196 valence electrons. The van der Waals surface area contributed by atoms with Crippen LogP contribution in [-0.2, 0) is 40.8 Å². The summed E-state index contributed by atoms with van der Waals surface area (Å²) in [4.78, 5) is 31.8. The Hall–Kier alpha value is -3.85. The van der Waals surface area contributed by atoms with E-state index in [0.29, 0.717) is 0 Å². The molecule has 2 aromatic carbocycles. The molecule has 0 saturated heterocycles. The minimum atomic E-state index is -0.990. The molecule has 3 aromatic heterocycles. The average Bonchev–Trinajstić information content (AvgIpc) is 2.96. The van der Waals surface area contributed by atoms with Gasteiger partial charge < -0.3 is 27.4 Å². The smallest absolute Gasteiger partial charge is 0.477 e. The number of rotatable bonds is 4. The van der Waals surface area contributed by atoms with Gasteiger partial charge in [0.15, 0.2) is 0 Å². The number of aromatic carboxylic acids is 2. The third-order valence-corrected chi connectivity index (χ3v) is 4.45. The summed E-state index contributed by atoms with van der Waals surface area (Å²) >= 11 is 0. The van der Waals surface area contributed by atoms with Crippen LogP contribution in [0.1, 0.15) is 21.0 Å². The van der Waals surface area contributed by atoms with Crippen molar-refractivity contribution in [3.8, 4) is 22.4 Å². The van der Waals surface area contributed by atoms with Crippen LogP contribution in [-0.4, -0.2) is 37.1 Å². The summed E-state index contributed by atoms with van der Waals surface area (Å²) in [6.07, 6.45) is 4.68. The second kappa shape index (κ2) is 17.6. The quantitative estimate of drug-likeness (QED) is 0.193. The van der Waals surface area contributed by atoms with Crippen LogP contribution in [0.25, 0.3) is 22.4 Å². The fraction of sp³-hybridized carbons (Fsp3) is 0. The van der Waals surface area contributed by atoms with Gasteiger partial charge in [0.2, 0.25) is 0 Å². The van der Waals surface area contributed by atoms with Gasteiger partial charge in [-0.25, -0.2) is 31.7 Å². The predicted molar refractivity (Wildman–Crippen MR) is 134 cm³/mol. The van der Waals surface area contributed by atoms with Gasteiger partial charge in [-0.1, -0.05) is 18.2 Å². The summed E-state index contributed by atoms with van der Waals surface area (Å²) in [5.74, 6) is -1.98. The molecule has 0 spiro atoms. The van der Waals surface area contributed by atoms with Crippen LogP contribution >= 0.6 is 0 Å². The molecule has 0 bridgehead atoms. The second-order valence-corrected chi connectivity index (χ2v) is 6.94. The fourth-order valence-electron chi connectivity index (χ4n) is 2.78. The molecule has 0 aliphatic rings. The number of carboxylic acids is 2. The molecule has 38 heavy (non-hydrogen) atoms. The largest absolute Gasteiger partial charge is 2.00 e. The standard InChI is InChI=1S/C17H10N.2C6H5NO2.2Pd/c1-2-7-14(8-3-1)15-9-6-10-16(13-15)17-11-4-5-12-18-17;2*8-6(9)5-3-1-2-4-7-5;;/h1-7,11-13H;2*1-4H,(H,8,9);;/q-3;;;;+2. The molecule has 0 amide bonds. The van der Waals surface area contributed by atoms with Crippen molar-refractivity contribution in [1.82, 2.24) is 15.0 Å². The molecule has 0 atom stereocenters. The van der Waals surface area contributed by atoms with E-state index in [1.807, 2.05) is 48.5 Å². The molecule has 0 unspecified atom stereocenters. The van der Waals surface area contributed by atoms with Crippen molar-refractivity contribution >= 4 is 11.9 Å².